The van der Waals surface area contributed by atoms with Crippen molar-refractivity contribution in [3.63, 3.8) is 0 Å². The maximum atomic E-state index is 11.4. The molecule has 0 aliphatic heterocycles. The van der Waals surface area contributed by atoms with Crippen molar-refractivity contribution in [2.24, 2.45) is 27.2 Å². The Hall–Kier alpha value is -2.94. The lowest BCUT2D eigenvalue weighted by atomic mass is 9.91. The van der Waals surface area contributed by atoms with E-state index >= 15 is 0 Å². The van der Waals surface area contributed by atoms with Crippen molar-refractivity contribution in [1.29, 1.82) is 5.41 Å². The van der Waals surface area contributed by atoms with Crippen LogP contribution in [-0.4, -0.2) is 35.5 Å². The standard InChI is InChI=1S/C16H24N8O/c17-9-5-7-10(8-6-9)22-15(13(19)14(20)25)24-16(21)23-12-4-2-1-3-11(12)18/h5-8,11-12,19H,1-4,17-18H2,(H2,20,25)(H3,21,22,23,24)/t11-,12+/m0/s1. The van der Waals surface area contributed by atoms with Gasteiger partial charge >= 0.3 is 0 Å². The van der Waals surface area contributed by atoms with Gasteiger partial charge in [-0.05, 0) is 37.1 Å². The molecule has 25 heavy (non-hydrogen) atoms. The van der Waals surface area contributed by atoms with Gasteiger partial charge in [-0.2, -0.15) is 4.99 Å². The first-order valence-electron chi connectivity index (χ1n) is 8.05. The maximum Gasteiger partial charge on any atom is 0.270 e. The largest absolute Gasteiger partial charge is 0.399 e. The summed E-state index contributed by atoms with van der Waals surface area (Å²) in [4.78, 5) is 19.8. The van der Waals surface area contributed by atoms with Crippen LogP contribution in [0, 0.1) is 5.41 Å². The summed E-state index contributed by atoms with van der Waals surface area (Å²) in [6.07, 6.45) is 3.84. The predicted molar refractivity (Wildman–Crippen MR) is 101 cm³/mol. The number of amides is 1. The minimum Gasteiger partial charge on any atom is -0.399 e. The molecule has 9 heteroatoms. The first-order valence-corrected chi connectivity index (χ1v) is 8.05. The van der Waals surface area contributed by atoms with Crippen molar-refractivity contribution in [2.75, 3.05) is 11.1 Å². The zero-order chi connectivity index (χ0) is 18.4. The second-order valence-corrected chi connectivity index (χ2v) is 5.95. The Bertz CT molecular complexity index is 695. The van der Waals surface area contributed by atoms with Crippen LogP contribution in [0.5, 0.6) is 0 Å². The summed E-state index contributed by atoms with van der Waals surface area (Å²) in [6, 6.07) is 6.54. The van der Waals surface area contributed by atoms with Crippen LogP contribution < -0.4 is 28.3 Å². The lowest BCUT2D eigenvalue weighted by Gasteiger charge is -2.25. The number of hydrogen-bond acceptors (Lipinski definition) is 5. The van der Waals surface area contributed by atoms with Crippen LogP contribution >= 0.6 is 0 Å². The van der Waals surface area contributed by atoms with Crippen molar-refractivity contribution >= 4 is 34.8 Å². The zero-order valence-electron chi connectivity index (χ0n) is 13.9. The SMILES string of the molecule is N=C(C(N)=O)C(=NC(N)=N[C@@H]1CCCC[C@@H]1N)Nc1ccc(N)cc1. The number of rotatable bonds is 4. The molecular formula is C16H24N8O. The predicted octanol–water partition coefficient (Wildman–Crippen LogP) is 0.169. The smallest absolute Gasteiger partial charge is 0.270 e. The first kappa shape index (κ1) is 18.4. The molecule has 0 aromatic heterocycles. The fraction of sp³-hybridized carbons (Fsp3) is 0.375. The summed E-state index contributed by atoms with van der Waals surface area (Å²) in [6.45, 7) is 0. The van der Waals surface area contributed by atoms with E-state index in [4.69, 9.17) is 28.3 Å². The lowest BCUT2D eigenvalue weighted by Crippen LogP contribution is -2.38. The number of primary amides is 1. The normalized spacial score (nSPS) is 21.6. The Morgan fingerprint density at radius 3 is 2.40 bits per heavy atom. The zero-order valence-corrected chi connectivity index (χ0v) is 13.9. The van der Waals surface area contributed by atoms with E-state index in [9.17, 15) is 4.79 Å². The second kappa shape index (κ2) is 8.25. The monoisotopic (exact) mass is 344 g/mol. The molecule has 0 heterocycles. The molecule has 2 rings (SSSR count). The highest BCUT2D eigenvalue weighted by Crippen LogP contribution is 2.19. The van der Waals surface area contributed by atoms with Crippen molar-refractivity contribution in [3.05, 3.63) is 24.3 Å². The number of guanidine groups is 1. The van der Waals surface area contributed by atoms with Crippen molar-refractivity contribution in [3.8, 4) is 0 Å². The van der Waals surface area contributed by atoms with Crippen LogP contribution in [0.1, 0.15) is 25.7 Å². The molecule has 134 valence electrons. The van der Waals surface area contributed by atoms with E-state index in [1.165, 1.54) is 0 Å². The number of anilines is 2. The molecule has 1 aromatic rings. The second-order valence-electron chi connectivity index (χ2n) is 5.95. The van der Waals surface area contributed by atoms with E-state index in [1.54, 1.807) is 24.3 Å². The molecule has 0 unspecified atom stereocenters. The Balaban J connectivity index is 2.23. The van der Waals surface area contributed by atoms with Crippen LogP contribution in [-0.2, 0) is 4.79 Å². The quantitative estimate of drug-likeness (QED) is 0.258. The average molecular weight is 344 g/mol. The van der Waals surface area contributed by atoms with Gasteiger partial charge in [-0.1, -0.05) is 12.8 Å². The molecule has 1 aromatic carbocycles. The molecule has 0 saturated heterocycles. The number of aliphatic imine (C=N–C) groups is 2. The number of nitrogen functional groups attached to an aromatic ring is 1. The summed E-state index contributed by atoms with van der Waals surface area (Å²) in [5, 5.41) is 10.7. The number of amidine groups is 1. The van der Waals surface area contributed by atoms with Gasteiger partial charge in [0.2, 0.25) is 5.96 Å². The molecule has 1 aliphatic rings. The van der Waals surface area contributed by atoms with Gasteiger partial charge in [0.25, 0.3) is 5.91 Å². The number of nitrogens with one attached hydrogen (secondary N) is 2. The van der Waals surface area contributed by atoms with E-state index in [0.29, 0.717) is 11.4 Å². The Morgan fingerprint density at radius 2 is 1.80 bits per heavy atom. The average Bonchev–Trinajstić information content (AvgIpc) is 2.57. The van der Waals surface area contributed by atoms with Gasteiger partial charge < -0.3 is 28.3 Å². The van der Waals surface area contributed by atoms with Gasteiger partial charge in [-0.3, -0.25) is 10.2 Å². The molecule has 1 aliphatic carbocycles. The third kappa shape index (κ3) is 5.28. The molecule has 1 amide bonds. The van der Waals surface area contributed by atoms with Crippen molar-refractivity contribution < 1.29 is 4.79 Å². The molecule has 1 saturated carbocycles. The van der Waals surface area contributed by atoms with Crippen LogP contribution in [0.15, 0.2) is 34.3 Å². The van der Waals surface area contributed by atoms with Gasteiger partial charge in [0.1, 0.15) is 0 Å². The van der Waals surface area contributed by atoms with E-state index in [0.717, 1.165) is 25.7 Å². The molecule has 2 atom stereocenters. The number of benzene rings is 1. The van der Waals surface area contributed by atoms with Gasteiger partial charge in [-0.25, -0.2) is 4.99 Å². The van der Waals surface area contributed by atoms with Gasteiger partial charge in [0, 0.05) is 17.4 Å². The summed E-state index contributed by atoms with van der Waals surface area (Å²) in [5.41, 5.74) is 23.4. The number of nitrogens with zero attached hydrogens (tertiary/aromatic N) is 2. The van der Waals surface area contributed by atoms with Crippen molar-refractivity contribution in [1.82, 2.24) is 0 Å². The van der Waals surface area contributed by atoms with E-state index in [1.807, 2.05) is 0 Å². The third-order valence-corrected chi connectivity index (χ3v) is 3.96. The molecule has 10 N–H and O–H groups in total. The van der Waals surface area contributed by atoms with Crippen LogP contribution in [0.2, 0.25) is 0 Å². The topological polar surface area (TPSA) is 182 Å². The number of nitrogens with two attached hydrogens (primary N) is 4. The molecule has 0 spiro atoms. The maximum absolute atomic E-state index is 11.4. The van der Waals surface area contributed by atoms with E-state index < -0.39 is 11.6 Å². The van der Waals surface area contributed by atoms with Crippen molar-refractivity contribution in [2.45, 2.75) is 37.8 Å². The highest BCUT2D eigenvalue weighted by atomic mass is 16.1. The van der Waals surface area contributed by atoms with Gasteiger partial charge in [0.15, 0.2) is 11.5 Å². The fourth-order valence-corrected chi connectivity index (χ4v) is 2.58. The molecule has 9 nitrogen and oxygen atoms in total. The van der Waals surface area contributed by atoms with Gasteiger partial charge in [-0.15, -0.1) is 0 Å². The first-order chi connectivity index (χ1) is 11.9. The van der Waals surface area contributed by atoms with Crippen LogP contribution in [0.3, 0.4) is 0 Å². The number of carbonyl (C=O) groups is 1. The summed E-state index contributed by atoms with van der Waals surface area (Å²) < 4.78 is 0. The Kier molecular flexibility index (Phi) is 6.07. The minimum absolute atomic E-state index is 0.0497. The summed E-state index contributed by atoms with van der Waals surface area (Å²) >= 11 is 0. The number of carbonyl (C=O) groups excluding carboxylic acids is 1. The molecule has 0 radical (unpaired) electrons. The van der Waals surface area contributed by atoms with E-state index in [-0.39, 0.29) is 23.9 Å². The highest BCUT2D eigenvalue weighted by Gasteiger charge is 2.21. The Morgan fingerprint density at radius 1 is 1.16 bits per heavy atom. The van der Waals surface area contributed by atoms with Gasteiger partial charge in [0.05, 0.1) is 6.04 Å². The Labute approximate surface area is 146 Å². The molecule has 1 fully saturated rings. The third-order valence-electron chi connectivity index (χ3n) is 3.96. The fourth-order valence-electron chi connectivity index (χ4n) is 2.58. The number of hydrogen-bond donors (Lipinski definition) is 6. The summed E-state index contributed by atoms with van der Waals surface area (Å²) in [5.74, 6) is -1.06. The molecule has 0 bridgehead atoms. The summed E-state index contributed by atoms with van der Waals surface area (Å²) in [7, 11) is 0. The highest BCUT2D eigenvalue weighted by molar-refractivity contribution is 6.67. The van der Waals surface area contributed by atoms with Crippen LogP contribution in [0.4, 0.5) is 11.4 Å². The van der Waals surface area contributed by atoms with E-state index in [2.05, 4.69) is 15.3 Å². The molecular weight excluding hydrogens is 320 g/mol. The minimum atomic E-state index is -0.927. The van der Waals surface area contributed by atoms with Crippen LogP contribution in [0.25, 0.3) is 0 Å². The lowest BCUT2D eigenvalue weighted by molar-refractivity contribution is -0.111.